The van der Waals surface area contributed by atoms with Crippen LogP contribution in [0.3, 0.4) is 0 Å². The molecule has 0 N–H and O–H groups in total. The maximum atomic E-state index is 5.61. The van der Waals surface area contributed by atoms with E-state index in [-0.39, 0.29) is 0 Å². The lowest BCUT2D eigenvalue weighted by Gasteiger charge is -2.10. The predicted molar refractivity (Wildman–Crippen MR) is 91.6 cm³/mol. The molecule has 0 atom stereocenters. The quantitative estimate of drug-likeness (QED) is 0.652. The van der Waals surface area contributed by atoms with Gasteiger partial charge in [-0.05, 0) is 42.3 Å². The topological polar surface area (TPSA) is 69.6 Å². The molecule has 6 nitrogen and oxygen atoms in total. The van der Waals surface area contributed by atoms with Gasteiger partial charge in [0.1, 0.15) is 6.26 Å². The Bertz CT molecular complexity index is 805. The lowest BCUT2D eigenvalue weighted by atomic mass is 10.1. The number of tetrazole rings is 1. The van der Waals surface area contributed by atoms with Crippen molar-refractivity contribution in [1.82, 2.24) is 25.2 Å². The fourth-order valence-electron chi connectivity index (χ4n) is 3.00. The lowest BCUT2D eigenvalue weighted by molar-refractivity contribution is 0.423. The van der Waals surface area contributed by atoms with Crippen LogP contribution >= 0.6 is 11.8 Å². The van der Waals surface area contributed by atoms with Gasteiger partial charge >= 0.3 is 0 Å². The highest BCUT2D eigenvalue weighted by molar-refractivity contribution is 7.98. The fourth-order valence-corrected chi connectivity index (χ4v) is 3.82. The number of nitrogens with zero attached hydrogens (tertiary/aromatic N) is 5. The van der Waals surface area contributed by atoms with Crippen LogP contribution in [0.5, 0.6) is 0 Å². The van der Waals surface area contributed by atoms with Crippen LogP contribution < -0.4 is 0 Å². The van der Waals surface area contributed by atoms with E-state index in [4.69, 9.17) is 4.42 Å². The first-order valence-corrected chi connectivity index (χ1v) is 9.20. The van der Waals surface area contributed by atoms with Gasteiger partial charge in [-0.25, -0.2) is 9.67 Å². The second kappa shape index (κ2) is 6.76. The zero-order chi connectivity index (χ0) is 16.4. The molecule has 0 amide bonds. The van der Waals surface area contributed by atoms with E-state index in [9.17, 15) is 0 Å². The molecule has 3 aromatic rings. The van der Waals surface area contributed by atoms with E-state index in [0.29, 0.717) is 17.7 Å². The van der Waals surface area contributed by atoms with Crippen LogP contribution in [0, 0.1) is 6.92 Å². The van der Waals surface area contributed by atoms with Gasteiger partial charge in [0.05, 0.1) is 11.7 Å². The minimum absolute atomic E-state index is 0.447. The van der Waals surface area contributed by atoms with Crippen molar-refractivity contribution in [2.75, 3.05) is 0 Å². The van der Waals surface area contributed by atoms with Crippen molar-refractivity contribution in [1.29, 1.82) is 0 Å². The molecule has 0 bridgehead atoms. The number of aryl methyl sites for hydroxylation is 1. The smallest absolute Gasteiger partial charge is 0.226 e. The van der Waals surface area contributed by atoms with Crippen molar-refractivity contribution >= 4 is 11.8 Å². The Hall–Kier alpha value is -2.15. The van der Waals surface area contributed by atoms with Gasteiger partial charge in [0.25, 0.3) is 0 Å². The Morgan fingerprint density at radius 1 is 1.21 bits per heavy atom. The first-order chi connectivity index (χ1) is 11.8. The van der Waals surface area contributed by atoms with Crippen molar-refractivity contribution in [2.45, 2.75) is 49.6 Å². The third-order valence-electron chi connectivity index (χ3n) is 4.33. The van der Waals surface area contributed by atoms with Crippen molar-refractivity contribution in [3.8, 4) is 11.5 Å². The largest absolute Gasteiger partial charge is 0.444 e. The summed E-state index contributed by atoms with van der Waals surface area (Å²) in [4.78, 5) is 4.57. The monoisotopic (exact) mass is 341 g/mol. The minimum Gasteiger partial charge on any atom is -0.444 e. The minimum atomic E-state index is 0.447. The molecule has 124 valence electrons. The van der Waals surface area contributed by atoms with E-state index in [1.807, 2.05) is 16.8 Å². The molecule has 0 spiro atoms. The van der Waals surface area contributed by atoms with Crippen LogP contribution in [0.2, 0.25) is 0 Å². The van der Waals surface area contributed by atoms with Crippen LogP contribution in [0.1, 0.15) is 43.0 Å². The van der Waals surface area contributed by atoms with Crippen molar-refractivity contribution in [3.63, 3.8) is 0 Å². The molecule has 24 heavy (non-hydrogen) atoms. The molecule has 1 aliphatic carbocycles. The van der Waals surface area contributed by atoms with Gasteiger partial charge in [-0.1, -0.05) is 42.3 Å². The first-order valence-electron chi connectivity index (χ1n) is 8.22. The molecule has 0 unspecified atom stereocenters. The molecule has 0 saturated heterocycles. The van der Waals surface area contributed by atoms with Gasteiger partial charge in [0.15, 0.2) is 0 Å². The summed E-state index contributed by atoms with van der Waals surface area (Å²) in [5, 5.41) is 13.0. The summed E-state index contributed by atoms with van der Waals surface area (Å²) in [5.74, 6) is 1.35. The van der Waals surface area contributed by atoms with Gasteiger partial charge in [0.2, 0.25) is 11.0 Å². The highest BCUT2D eigenvalue weighted by atomic mass is 32.2. The van der Waals surface area contributed by atoms with E-state index in [1.165, 1.54) is 31.2 Å². The molecule has 1 aromatic carbocycles. The Kier molecular flexibility index (Phi) is 4.34. The second-order valence-corrected chi connectivity index (χ2v) is 7.09. The van der Waals surface area contributed by atoms with E-state index >= 15 is 0 Å². The summed E-state index contributed by atoms with van der Waals surface area (Å²) >= 11 is 1.61. The van der Waals surface area contributed by atoms with Crippen LogP contribution in [0.4, 0.5) is 0 Å². The standard InChI is InChI=1S/C17H19N5OS/c1-12-6-8-13(9-7-12)16-18-14(10-23-16)11-24-17-19-20-21-22(17)15-4-2-3-5-15/h6-10,15H,2-5,11H2,1H3. The molecule has 7 heteroatoms. The van der Waals surface area contributed by atoms with Gasteiger partial charge < -0.3 is 4.42 Å². The highest BCUT2D eigenvalue weighted by Crippen LogP contribution is 2.32. The summed E-state index contributed by atoms with van der Waals surface area (Å²) in [6.07, 6.45) is 6.57. The molecular formula is C17H19N5OS. The fraction of sp³-hybridized carbons (Fsp3) is 0.412. The number of thioether (sulfide) groups is 1. The number of oxazole rings is 1. The molecular weight excluding hydrogens is 322 g/mol. The van der Waals surface area contributed by atoms with Gasteiger partial charge in [-0.15, -0.1) is 5.10 Å². The van der Waals surface area contributed by atoms with Gasteiger partial charge in [-0.3, -0.25) is 0 Å². The average Bonchev–Trinajstić information content (AvgIpc) is 3.34. The maximum Gasteiger partial charge on any atom is 0.226 e. The zero-order valence-corrected chi connectivity index (χ0v) is 14.4. The number of aromatic nitrogens is 5. The SMILES string of the molecule is Cc1ccc(-c2nc(CSc3nnnn3C3CCCC3)co2)cc1. The van der Waals surface area contributed by atoms with Crippen LogP contribution in [0.25, 0.3) is 11.5 Å². The molecule has 2 aromatic heterocycles. The molecule has 2 heterocycles. The highest BCUT2D eigenvalue weighted by Gasteiger charge is 2.21. The number of hydrogen-bond donors (Lipinski definition) is 0. The summed E-state index contributed by atoms with van der Waals surface area (Å²) in [5.41, 5.74) is 3.11. The Morgan fingerprint density at radius 3 is 2.79 bits per heavy atom. The molecule has 1 saturated carbocycles. The number of benzene rings is 1. The van der Waals surface area contributed by atoms with E-state index in [0.717, 1.165) is 16.4 Å². The van der Waals surface area contributed by atoms with Gasteiger partial charge in [-0.2, -0.15) is 0 Å². The Morgan fingerprint density at radius 2 is 2.00 bits per heavy atom. The van der Waals surface area contributed by atoms with Crippen LogP contribution in [-0.2, 0) is 5.75 Å². The molecule has 0 radical (unpaired) electrons. The van der Waals surface area contributed by atoms with Crippen LogP contribution in [-0.4, -0.2) is 25.2 Å². The van der Waals surface area contributed by atoms with Crippen molar-refractivity contribution in [2.24, 2.45) is 0 Å². The Labute approximate surface area is 144 Å². The molecule has 1 fully saturated rings. The number of hydrogen-bond acceptors (Lipinski definition) is 6. The number of rotatable bonds is 5. The second-order valence-electron chi connectivity index (χ2n) is 6.14. The zero-order valence-electron chi connectivity index (χ0n) is 13.6. The summed E-state index contributed by atoms with van der Waals surface area (Å²) < 4.78 is 7.58. The van der Waals surface area contributed by atoms with Gasteiger partial charge in [0, 0.05) is 11.3 Å². The third-order valence-corrected chi connectivity index (χ3v) is 5.30. The third kappa shape index (κ3) is 3.21. The van der Waals surface area contributed by atoms with E-state index < -0.39 is 0 Å². The average molecular weight is 341 g/mol. The lowest BCUT2D eigenvalue weighted by Crippen LogP contribution is -2.08. The molecule has 1 aliphatic rings. The molecule has 0 aliphatic heterocycles. The summed E-state index contributed by atoms with van der Waals surface area (Å²) in [6.45, 7) is 2.07. The summed E-state index contributed by atoms with van der Waals surface area (Å²) in [7, 11) is 0. The Balaban J connectivity index is 1.44. The van der Waals surface area contributed by atoms with Crippen LogP contribution in [0.15, 0.2) is 40.1 Å². The summed E-state index contributed by atoms with van der Waals surface area (Å²) in [6, 6.07) is 8.62. The van der Waals surface area contributed by atoms with Crippen molar-refractivity contribution in [3.05, 3.63) is 41.8 Å². The maximum absolute atomic E-state index is 5.61. The predicted octanol–water partition coefficient (Wildman–Crippen LogP) is 4.04. The first kappa shape index (κ1) is 15.4. The van der Waals surface area contributed by atoms with E-state index in [1.54, 1.807) is 18.0 Å². The normalized spacial score (nSPS) is 15.2. The molecule has 4 rings (SSSR count). The van der Waals surface area contributed by atoms with Crippen molar-refractivity contribution < 1.29 is 4.42 Å². The van der Waals surface area contributed by atoms with E-state index in [2.05, 4.69) is 39.6 Å².